The Kier molecular flexibility index (Phi) is 6.25. The summed E-state index contributed by atoms with van der Waals surface area (Å²) in [5.41, 5.74) is -0.0243. The van der Waals surface area contributed by atoms with E-state index in [1.54, 1.807) is 31.2 Å². The number of esters is 1. The zero-order valence-corrected chi connectivity index (χ0v) is 16.8. The molecule has 0 aliphatic carbocycles. The van der Waals surface area contributed by atoms with Crippen molar-refractivity contribution < 1.29 is 24.2 Å². The van der Waals surface area contributed by atoms with Gasteiger partial charge in [-0.3, -0.25) is 9.59 Å². The number of aryl methyl sites for hydroxylation is 1. The van der Waals surface area contributed by atoms with Crippen LogP contribution < -0.4 is 10.9 Å². The lowest BCUT2D eigenvalue weighted by atomic mass is 10.1. The minimum Gasteiger partial charge on any atom is -0.478 e. The van der Waals surface area contributed by atoms with Crippen LogP contribution in [0.3, 0.4) is 0 Å². The first-order chi connectivity index (χ1) is 14.8. The molecule has 0 spiro atoms. The van der Waals surface area contributed by atoms with E-state index >= 15 is 0 Å². The number of anilines is 1. The Morgan fingerprint density at radius 3 is 2.32 bits per heavy atom. The number of ether oxygens (including phenoxy) is 1. The summed E-state index contributed by atoms with van der Waals surface area (Å²) in [6.07, 6.45) is 0. The lowest BCUT2D eigenvalue weighted by molar-refractivity contribution is 0.0518. The van der Waals surface area contributed by atoms with Gasteiger partial charge in [0.15, 0.2) is 5.69 Å². The Morgan fingerprint density at radius 1 is 1.06 bits per heavy atom. The summed E-state index contributed by atoms with van der Waals surface area (Å²) in [7, 11) is 0. The lowest BCUT2D eigenvalue weighted by Gasteiger charge is -2.13. The summed E-state index contributed by atoms with van der Waals surface area (Å²) in [6.45, 7) is 3.55. The van der Waals surface area contributed by atoms with E-state index in [0.717, 1.165) is 16.3 Å². The number of aromatic nitrogens is 2. The number of benzene rings is 2. The maximum Gasteiger partial charge on any atom is 0.360 e. The Balaban J connectivity index is 2.07. The number of carboxylic acids is 1. The van der Waals surface area contributed by atoms with Crippen molar-refractivity contribution in [1.29, 1.82) is 0 Å². The van der Waals surface area contributed by atoms with Gasteiger partial charge in [-0.05, 0) is 38.1 Å². The van der Waals surface area contributed by atoms with Gasteiger partial charge in [0, 0.05) is 6.07 Å². The molecular formula is C22H19N3O6. The number of carbonyl (C=O) groups is 3. The molecule has 1 heterocycles. The van der Waals surface area contributed by atoms with Gasteiger partial charge in [0.1, 0.15) is 0 Å². The van der Waals surface area contributed by atoms with Gasteiger partial charge in [0.25, 0.3) is 11.5 Å². The van der Waals surface area contributed by atoms with Crippen LogP contribution in [0.25, 0.3) is 5.69 Å². The van der Waals surface area contributed by atoms with E-state index in [1.165, 1.54) is 24.3 Å². The van der Waals surface area contributed by atoms with Gasteiger partial charge in [-0.2, -0.15) is 9.78 Å². The monoisotopic (exact) mass is 421 g/mol. The molecular weight excluding hydrogens is 402 g/mol. The molecule has 0 bridgehead atoms. The molecule has 2 N–H and O–H groups in total. The molecule has 1 amide bonds. The quantitative estimate of drug-likeness (QED) is 0.586. The predicted octanol–water partition coefficient (Wildman–Crippen LogP) is 2.67. The molecule has 31 heavy (non-hydrogen) atoms. The minimum absolute atomic E-state index is 0.0550. The second-order valence-corrected chi connectivity index (χ2v) is 6.52. The van der Waals surface area contributed by atoms with Crippen LogP contribution in [-0.2, 0) is 4.74 Å². The fraction of sp³-hybridized carbons (Fsp3) is 0.136. The first-order valence-electron chi connectivity index (χ1n) is 9.34. The number of amides is 1. The normalized spacial score (nSPS) is 10.4. The molecule has 0 unspecified atom stereocenters. The van der Waals surface area contributed by atoms with Crippen molar-refractivity contribution in [1.82, 2.24) is 9.78 Å². The summed E-state index contributed by atoms with van der Waals surface area (Å²) in [6, 6.07) is 13.5. The Labute approximate surface area is 176 Å². The van der Waals surface area contributed by atoms with E-state index in [-0.39, 0.29) is 29.1 Å². The minimum atomic E-state index is -1.29. The molecule has 0 aliphatic heterocycles. The number of nitrogens with one attached hydrogen (secondary N) is 1. The summed E-state index contributed by atoms with van der Waals surface area (Å²) in [5, 5.41) is 15.8. The largest absolute Gasteiger partial charge is 0.478 e. The van der Waals surface area contributed by atoms with Crippen molar-refractivity contribution >= 4 is 23.5 Å². The Morgan fingerprint density at radius 2 is 1.71 bits per heavy atom. The first-order valence-corrected chi connectivity index (χ1v) is 9.34. The van der Waals surface area contributed by atoms with Gasteiger partial charge in [-0.25, -0.2) is 9.59 Å². The maximum atomic E-state index is 12.7. The zero-order valence-electron chi connectivity index (χ0n) is 16.8. The van der Waals surface area contributed by atoms with Crippen molar-refractivity contribution in [3.63, 3.8) is 0 Å². The topological polar surface area (TPSA) is 128 Å². The molecule has 0 aliphatic rings. The van der Waals surface area contributed by atoms with Gasteiger partial charge in [-0.1, -0.05) is 29.8 Å². The highest BCUT2D eigenvalue weighted by atomic mass is 16.5. The van der Waals surface area contributed by atoms with Gasteiger partial charge in [0.2, 0.25) is 0 Å². The average molecular weight is 421 g/mol. The van der Waals surface area contributed by atoms with Crippen molar-refractivity contribution in [2.24, 2.45) is 0 Å². The fourth-order valence-electron chi connectivity index (χ4n) is 2.83. The van der Waals surface area contributed by atoms with Crippen LogP contribution in [0.5, 0.6) is 0 Å². The summed E-state index contributed by atoms with van der Waals surface area (Å²) in [5.74, 6) is -2.94. The van der Waals surface area contributed by atoms with Crippen molar-refractivity contribution in [3.8, 4) is 5.69 Å². The number of nitrogens with zero attached hydrogens (tertiary/aromatic N) is 2. The van der Waals surface area contributed by atoms with Crippen LogP contribution in [0.15, 0.2) is 59.4 Å². The molecule has 9 nitrogen and oxygen atoms in total. The number of hydrogen-bond donors (Lipinski definition) is 2. The summed E-state index contributed by atoms with van der Waals surface area (Å²) in [4.78, 5) is 49.2. The Bertz CT molecular complexity index is 1210. The first kappa shape index (κ1) is 21.4. The van der Waals surface area contributed by atoms with E-state index in [4.69, 9.17) is 4.74 Å². The third kappa shape index (κ3) is 4.67. The molecule has 0 atom stereocenters. The average Bonchev–Trinajstić information content (AvgIpc) is 2.74. The molecule has 0 radical (unpaired) electrons. The van der Waals surface area contributed by atoms with Crippen LogP contribution in [-0.4, -0.2) is 39.3 Å². The molecule has 1 aromatic heterocycles. The SMILES string of the molecule is CCOC(=O)c1nn(-c2ccc(C)cc2)c(=O)cc1NC(=O)c1ccccc1C(=O)O. The number of hydrogen-bond acceptors (Lipinski definition) is 6. The van der Waals surface area contributed by atoms with Crippen molar-refractivity contribution in [2.45, 2.75) is 13.8 Å². The van der Waals surface area contributed by atoms with Gasteiger partial charge >= 0.3 is 11.9 Å². The van der Waals surface area contributed by atoms with E-state index in [0.29, 0.717) is 5.69 Å². The molecule has 3 rings (SSSR count). The predicted molar refractivity (Wildman–Crippen MR) is 112 cm³/mol. The number of carboxylic acid groups (broad SMARTS) is 1. The second-order valence-electron chi connectivity index (χ2n) is 6.52. The molecule has 2 aromatic carbocycles. The van der Waals surface area contributed by atoms with Crippen molar-refractivity contribution in [3.05, 3.63) is 87.3 Å². The molecule has 0 saturated carbocycles. The van der Waals surface area contributed by atoms with Crippen molar-refractivity contribution in [2.75, 3.05) is 11.9 Å². The number of rotatable bonds is 6. The molecule has 158 valence electrons. The standard InChI is InChI=1S/C22H19N3O6/c1-3-31-22(30)19-17(23-20(27)15-6-4-5-7-16(15)21(28)29)12-18(26)25(24-19)14-10-8-13(2)9-11-14/h4-12H,3H2,1-2H3,(H,23,27)(H,28,29). The van der Waals surface area contributed by atoms with E-state index in [1.807, 2.05) is 6.92 Å². The summed E-state index contributed by atoms with van der Waals surface area (Å²) >= 11 is 0. The van der Waals surface area contributed by atoms with E-state index in [2.05, 4.69) is 10.4 Å². The van der Waals surface area contributed by atoms with Crippen LogP contribution in [0.4, 0.5) is 5.69 Å². The van der Waals surface area contributed by atoms with Gasteiger partial charge in [-0.15, -0.1) is 0 Å². The zero-order chi connectivity index (χ0) is 22.5. The second kappa shape index (κ2) is 9.04. The molecule has 0 saturated heterocycles. The van der Waals surface area contributed by atoms with E-state index < -0.39 is 23.4 Å². The third-order valence-electron chi connectivity index (χ3n) is 4.33. The molecule has 0 fully saturated rings. The summed E-state index contributed by atoms with van der Waals surface area (Å²) < 4.78 is 6.03. The smallest absolute Gasteiger partial charge is 0.360 e. The fourth-order valence-corrected chi connectivity index (χ4v) is 2.83. The van der Waals surface area contributed by atoms with Gasteiger partial charge in [0.05, 0.1) is 29.1 Å². The lowest BCUT2D eigenvalue weighted by Crippen LogP contribution is -2.27. The Hall–Kier alpha value is -4.27. The highest BCUT2D eigenvalue weighted by molar-refractivity contribution is 6.12. The van der Waals surface area contributed by atoms with E-state index in [9.17, 15) is 24.3 Å². The van der Waals surface area contributed by atoms with Crippen LogP contribution in [0, 0.1) is 6.92 Å². The van der Waals surface area contributed by atoms with Crippen LogP contribution in [0.1, 0.15) is 43.7 Å². The highest BCUT2D eigenvalue weighted by Gasteiger charge is 2.22. The number of carbonyl (C=O) groups excluding carboxylic acids is 2. The maximum absolute atomic E-state index is 12.7. The molecule has 3 aromatic rings. The van der Waals surface area contributed by atoms with Crippen LogP contribution in [0.2, 0.25) is 0 Å². The number of aromatic carboxylic acids is 1. The van der Waals surface area contributed by atoms with Gasteiger partial charge < -0.3 is 15.2 Å². The molecule has 9 heteroatoms. The van der Waals surface area contributed by atoms with Crippen LogP contribution >= 0.6 is 0 Å². The highest BCUT2D eigenvalue weighted by Crippen LogP contribution is 2.17. The third-order valence-corrected chi connectivity index (χ3v) is 4.33.